The maximum atomic E-state index is 5.32. The second-order valence-electron chi connectivity index (χ2n) is 5.07. The van der Waals surface area contributed by atoms with E-state index in [4.69, 9.17) is 26.6 Å². The van der Waals surface area contributed by atoms with E-state index in [2.05, 4.69) is 0 Å². The third-order valence-corrected chi connectivity index (χ3v) is 9.17. The van der Waals surface area contributed by atoms with Crippen LogP contribution in [-0.4, -0.2) is 60.3 Å². The van der Waals surface area contributed by atoms with Crippen molar-refractivity contribution in [2.45, 2.75) is 0 Å². The molecule has 6 nitrogen and oxygen atoms in total. The van der Waals surface area contributed by atoms with Gasteiger partial charge in [-0.2, -0.15) is 0 Å². The molecule has 0 aliphatic rings. The summed E-state index contributed by atoms with van der Waals surface area (Å²) >= 11 is 0. The van der Waals surface area contributed by atoms with Crippen molar-refractivity contribution in [1.82, 2.24) is 0 Å². The Labute approximate surface area is 158 Å². The molecule has 26 heavy (non-hydrogen) atoms. The average molecular weight is 397 g/mol. The lowest BCUT2D eigenvalue weighted by Crippen LogP contribution is -2.54. The SMILES string of the molecule is CO[Si](OC)(OC)c1ccccc1.CO[Si](OC)(OC)c1ccccc1. The number of benzene rings is 2. The van der Waals surface area contributed by atoms with Gasteiger partial charge in [-0.1, -0.05) is 60.7 Å². The van der Waals surface area contributed by atoms with Crippen LogP contribution in [0.1, 0.15) is 0 Å². The minimum Gasteiger partial charge on any atom is -0.373 e. The van der Waals surface area contributed by atoms with Crippen LogP contribution in [0.15, 0.2) is 60.7 Å². The fraction of sp³-hybridized carbons (Fsp3) is 0.333. The van der Waals surface area contributed by atoms with Crippen LogP contribution in [-0.2, 0) is 26.6 Å². The van der Waals surface area contributed by atoms with E-state index < -0.39 is 17.6 Å². The Morgan fingerprint density at radius 2 is 0.654 bits per heavy atom. The van der Waals surface area contributed by atoms with Gasteiger partial charge in [-0.05, 0) is 0 Å². The fourth-order valence-electron chi connectivity index (χ4n) is 2.49. The molecule has 2 aromatic rings. The van der Waals surface area contributed by atoms with Crippen molar-refractivity contribution in [2.75, 3.05) is 42.7 Å². The molecule has 0 spiro atoms. The van der Waals surface area contributed by atoms with Crippen LogP contribution in [0, 0.1) is 0 Å². The topological polar surface area (TPSA) is 55.4 Å². The van der Waals surface area contributed by atoms with Gasteiger partial charge in [0.05, 0.1) is 0 Å². The number of rotatable bonds is 8. The molecule has 0 N–H and O–H groups in total. The molecular formula is C18H28O6Si2. The molecule has 0 heterocycles. The molecular weight excluding hydrogens is 368 g/mol. The molecule has 0 atom stereocenters. The zero-order chi connectivity index (χ0) is 19.5. The number of hydrogen-bond donors (Lipinski definition) is 0. The van der Waals surface area contributed by atoms with Crippen LogP contribution in [0.3, 0.4) is 0 Å². The summed E-state index contributed by atoms with van der Waals surface area (Å²) in [4.78, 5) is 0. The molecule has 0 bridgehead atoms. The van der Waals surface area contributed by atoms with E-state index in [-0.39, 0.29) is 0 Å². The lowest BCUT2D eigenvalue weighted by atomic mass is 10.4. The van der Waals surface area contributed by atoms with Gasteiger partial charge >= 0.3 is 17.6 Å². The summed E-state index contributed by atoms with van der Waals surface area (Å²) in [5.41, 5.74) is 0. The third-order valence-electron chi connectivity index (χ3n) is 3.87. The van der Waals surface area contributed by atoms with Gasteiger partial charge in [0.2, 0.25) is 0 Å². The van der Waals surface area contributed by atoms with E-state index in [1.54, 1.807) is 42.7 Å². The van der Waals surface area contributed by atoms with E-state index in [1.165, 1.54) is 0 Å². The Balaban J connectivity index is 0.000000260. The predicted octanol–water partition coefficient (Wildman–Crippen LogP) is 1.54. The summed E-state index contributed by atoms with van der Waals surface area (Å²) in [6.07, 6.45) is 0. The van der Waals surface area contributed by atoms with Crippen molar-refractivity contribution in [1.29, 1.82) is 0 Å². The molecule has 0 amide bonds. The Morgan fingerprint density at radius 1 is 0.423 bits per heavy atom. The quantitative estimate of drug-likeness (QED) is 0.631. The highest BCUT2D eigenvalue weighted by Gasteiger charge is 2.41. The summed E-state index contributed by atoms with van der Waals surface area (Å²) in [6, 6.07) is 19.4. The molecule has 2 aromatic carbocycles. The Hall–Kier alpha value is -1.37. The fourth-order valence-corrected chi connectivity index (χ4v) is 6.11. The van der Waals surface area contributed by atoms with E-state index in [0.29, 0.717) is 0 Å². The Kier molecular flexibility index (Phi) is 9.91. The molecule has 2 rings (SSSR count). The largest absolute Gasteiger partial charge is 0.536 e. The summed E-state index contributed by atoms with van der Waals surface area (Å²) in [5, 5.41) is 1.95. The zero-order valence-corrected chi connectivity index (χ0v) is 18.2. The monoisotopic (exact) mass is 396 g/mol. The molecule has 0 unspecified atom stereocenters. The maximum Gasteiger partial charge on any atom is 0.536 e. The van der Waals surface area contributed by atoms with Crippen molar-refractivity contribution in [3.8, 4) is 0 Å². The van der Waals surface area contributed by atoms with Gasteiger partial charge < -0.3 is 26.6 Å². The first-order valence-electron chi connectivity index (χ1n) is 8.00. The Bertz CT molecular complexity index is 532. The normalized spacial score (nSPS) is 11.6. The lowest BCUT2D eigenvalue weighted by Gasteiger charge is -2.24. The smallest absolute Gasteiger partial charge is 0.373 e. The van der Waals surface area contributed by atoms with Gasteiger partial charge in [-0.15, -0.1) is 0 Å². The van der Waals surface area contributed by atoms with Crippen LogP contribution < -0.4 is 10.4 Å². The predicted molar refractivity (Wildman–Crippen MR) is 106 cm³/mol. The highest BCUT2D eigenvalue weighted by Crippen LogP contribution is 2.06. The van der Waals surface area contributed by atoms with Gasteiger partial charge in [0.1, 0.15) is 0 Å². The van der Waals surface area contributed by atoms with Crippen LogP contribution in [0.2, 0.25) is 0 Å². The minimum atomic E-state index is -2.59. The third kappa shape index (κ3) is 5.32. The van der Waals surface area contributed by atoms with Gasteiger partial charge in [-0.3, -0.25) is 0 Å². The molecule has 8 heteroatoms. The van der Waals surface area contributed by atoms with Crippen LogP contribution in [0.5, 0.6) is 0 Å². The zero-order valence-electron chi connectivity index (χ0n) is 16.2. The molecule has 0 aromatic heterocycles. The maximum absolute atomic E-state index is 5.32. The summed E-state index contributed by atoms with van der Waals surface area (Å²) in [7, 11) is 4.43. The van der Waals surface area contributed by atoms with Gasteiger partial charge in [0.25, 0.3) is 0 Å². The van der Waals surface area contributed by atoms with Crippen LogP contribution >= 0.6 is 0 Å². The van der Waals surface area contributed by atoms with Crippen molar-refractivity contribution in [3.63, 3.8) is 0 Å². The van der Waals surface area contributed by atoms with E-state index in [1.807, 2.05) is 60.7 Å². The second kappa shape index (κ2) is 11.4. The highest BCUT2D eigenvalue weighted by molar-refractivity contribution is 6.75. The summed E-state index contributed by atoms with van der Waals surface area (Å²) in [6.45, 7) is 0. The van der Waals surface area contributed by atoms with Crippen molar-refractivity contribution in [2.24, 2.45) is 0 Å². The first-order valence-corrected chi connectivity index (χ1v) is 11.4. The molecule has 0 aliphatic carbocycles. The van der Waals surface area contributed by atoms with Crippen LogP contribution in [0.4, 0.5) is 0 Å². The number of hydrogen-bond acceptors (Lipinski definition) is 6. The van der Waals surface area contributed by atoms with Gasteiger partial charge in [0.15, 0.2) is 0 Å². The summed E-state index contributed by atoms with van der Waals surface area (Å²) < 4.78 is 31.9. The second-order valence-corrected chi connectivity index (χ2v) is 10.9. The minimum absolute atomic E-state index is 0.975. The lowest BCUT2D eigenvalue weighted by molar-refractivity contribution is 0.140. The van der Waals surface area contributed by atoms with Crippen molar-refractivity contribution in [3.05, 3.63) is 60.7 Å². The Morgan fingerprint density at radius 3 is 0.846 bits per heavy atom. The molecule has 0 saturated heterocycles. The van der Waals surface area contributed by atoms with Gasteiger partial charge in [0, 0.05) is 53.0 Å². The van der Waals surface area contributed by atoms with E-state index >= 15 is 0 Å². The first kappa shape index (κ1) is 22.7. The van der Waals surface area contributed by atoms with Crippen LogP contribution in [0.25, 0.3) is 0 Å². The highest BCUT2D eigenvalue weighted by atomic mass is 28.4. The molecule has 0 fully saturated rings. The molecule has 0 radical (unpaired) electrons. The van der Waals surface area contributed by atoms with Gasteiger partial charge in [-0.25, -0.2) is 0 Å². The summed E-state index contributed by atoms with van der Waals surface area (Å²) in [5.74, 6) is 0. The molecule has 0 saturated carbocycles. The molecule has 0 aliphatic heterocycles. The van der Waals surface area contributed by atoms with Crippen molar-refractivity contribution >= 4 is 28.0 Å². The first-order chi connectivity index (χ1) is 12.6. The molecule has 144 valence electrons. The van der Waals surface area contributed by atoms with Crippen molar-refractivity contribution < 1.29 is 26.6 Å². The van der Waals surface area contributed by atoms with E-state index in [9.17, 15) is 0 Å². The average Bonchev–Trinajstić information content (AvgIpc) is 2.74. The van der Waals surface area contributed by atoms with E-state index in [0.717, 1.165) is 10.4 Å². The standard InChI is InChI=1S/2C9H14O3Si/c2*1-10-13(11-2,12-3)9-7-5-4-6-8-9/h2*4-8H,1-3H3.